The van der Waals surface area contributed by atoms with Crippen molar-refractivity contribution in [3.63, 3.8) is 0 Å². The van der Waals surface area contributed by atoms with Gasteiger partial charge in [-0.15, -0.1) is 24.0 Å². The summed E-state index contributed by atoms with van der Waals surface area (Å²) in [4.78, 5) is 4.58. The van der Waals surface area contributed by atoms with Crippen LogP contribution >= 0.6 is 35.6 Å². The first-order valence-electron chi connectivity index (χ1n) is 7.47. The molecular weight excluding hydrogens is 413 g/mol. The Morgan fingerprint density at radius 1 is 1.36 bits per heavy atom. The minimum Gasteiger partial charge on any atom is -0.497 e. The summed E-state index contributed by atoms with van der Waals surface area (Å²) in [5, 5.41) is 7.35. The Balaban J connectivity index is 0.00000441. The van der Waals surface area contributed by atoms with E-state index in [1.807, 2.05) is 18.2 Å². The molecule has 1 aromatic carbocycles. The van der Waals surface area contributed by atoms with E-state index in [0.717, 1.165) is 41.7 Å². The Labute approximate surface area is 156 Å². The van der Waals surface area contributed by atoms with Gasteiger partial charge in [-0.2, -0.15) is 0 Å². The number of nitrogens with zero attached hydrogens (tertiary/aromatic N) is 1. The van der Waals surface area contributed by atoms with Crippen molar-refractivity contribution < 1.29 is 4.74 Å². The van der Waals surface area contributed by atoms with Crippen molar-refractivity contribution in [2.24, 2.45) is 4.99 Å². The topological polar surface area (TPSA) is 45.7 Å². The molecule has 0 aliphatic heterocycles. The lowest BCUT2D eigenvalue weighted by Gasteiger charge is -2.16. The fraction of sp³-hybridized carbons (Fsp3) is 0.562. The number of hydrogen-bond donors (Lipinski definition) is 2. The predicted octanol–water partition coefficient (Wildman–Crippen LogP) is 3.86. The zero-order valence-corrected chi connectivity index (χ0v) is 16.9. The number of rotatable bonds is 7. The molecule has 0 saturated carbocycles. The molecule has 2 N–H and O–H groups in total. The quantitative estimate of drug-likeness (QED) is 0.385. The molecule has 1 rings (SSSR count). The van der Waals surface area contributed by atoms with Gasteiger partial charge in [0.25, 0.3) is 0 Å². The molecule has 1 atom stereocenters. The largest absolute Gasteiger partial charge is 0.497 e. The number of halogens is 2. The lowest BCUT2D eigenvalue weighted by atomic mass is 10.1. The van der Waals surface area contributed by atoms with E-state index in [1.54, 1.807) is 7.11 Å². The molecule has 0 aromatic heterocycles. The van der Waals surface area contributed by atoms with Gasteiger partial charge in [0.05, 0.1) is 7.11 Å². The van der Waals surface area contributed by atoms with Crippen LogP contribution in [0.5, 0.6) is 5.75 Å². The number of ether oxygens (including phenoxy) is 1. The fourth-order valence-corrected chi connectivity index (χ4v) is 2.07. The molecular formula is C16H27ClIN3O. The van der Waals surface area contributed by atoms with E-state index in [0.29, 0.717) is 12.6 Å². The van der Waals surface area contributed by atoms with E-state index in [9.17, 15) is 0 Å². The second-order valence-corrected chi connectivity index (χ2v) is 5.33. The van der Waals surface area contributed by atoms with Crippen molar-refractivity contribution in [1.29, 1.82) is 0 Å². The molecule has 0 aliphatic carbocycles. The minimum atomic E-state index is 0. The van der Waals surface area contributed by atoms with Crippen LogP contribution < -0.4 is 15.4 Å². The van der Waals surface area contributed by atoms with Gasteiger partial charge < -0.3 is 15.4 Å². The van der Waals surface area contributed by atoms with E-state index >= 15 is 0 Å². The summed E-state index contributed by atoms with van der Waals surface area (Å²) in [7, 11) is 1.64. The van der Waals surface area contributed by atoms with Crippen LogP contribution in [0.1, 0.15) is 32.8 Å². The number of aliphatic imine (C=N–C) groups is 1. The summed E-state index contributed by atoms with van der Waals surface area (Å²) in [5.41, 5.74) is 1.08. The summed E-state index contributed by atoms with van der Waals surface area (Å²) >= 11 is 6.23. The van der Waals surface area contributed by atoms with Crippen molar-refractivity contribution in [2.45, 2.75) is 39.7 Å². The number of benzene rings is 1. The second-order valence-electron chi connectivity index (χ2n) is 4.92. The Morgan fingerprint density at radius 2 is 2.09 bits per heavy atom. The van der Waals surface area contributed by atoms with E-state index in [-0.39, 0.29) is 24.0 Å². The van der Waals surface area contributed by atoms with Gasteiger partial charge in [0.15, 0.2) is 5.96 Å². The van der Waals surface area contributed by atoms with Crippen LogP contribution in [0.25, 0.3) is 0 Å². The van der Waals surface area contributed by atoms with Crippen molar-refractivity contribution in [2.75, 3.05) is 20.2 Å². The molecule has 0 heterocycles. The highest BCUT2D eigenvalue weighted by atomic mass is 127. The van der Waals surface area contributed by atoms with E-state index in [1.165, 1.54) is 0 Å². The van der Waals surface area contributed by atoms with Crippen molar-refractivity contribution in [3.05, 3.63) is 28.8 Å². The third-order valence-corrected chi connectivity index (χ3v) is 3.60. The Hall–Kier alpha value is -0.690. The fourth-order valence-electron chi connectivity index (χ4n) is 1.80. The predicted molar refractivity (Wildman–Crippen MR) is 106 cm³/mol. The maximum absolute atomic E-state index is 6.23. The molecule has 0 radical (unpaired) electrons. The summed E-state index contributed by atoms with van der Waals surface area (Å²) in [6.07, 6.45) is 1.87. The third kappa shape index (κ3) is 7.54. The first-order chi connectivity index (χ1) is 10.1. The van der Waals surface area contributed by atoms with Gasteiger partial charge in [0, 0.05) is 24.2 Å². The standard InChI is InChI=1S/C16H26ClN3O.HI/c1-5-12(3)20-16(18-6-2)19-10-9-13-7-8-14(21-4)11-15(13)17;/h7-8,11-12H,5-6,9-10H2,1-4H3,(H2,18,19,20);1H. The van der Waals surface area contributed by atoms with Crippen LogP contribution in [-0.4, -0.2) is 32.2 Å². The second kappa shape index (κ2) is 11.8. The monoisotopic (exact) mass is 439 g/mol. The van der Waals surface area contributed by atoms with Crippen LogP contribution in [0.4, 0.5) is 0 Å². The molecule has 0 spiro atoms. The molecule has 6 heteroatoms. The van der Waals surface area contributed by atoms with Crippen LogP contribution in [0.3, 0.4) is 0 Å². The van der Waals surface area contributed by atoms with Crippen LogP contribution in [-0.2, 0) is 6.42 Å². The van der Waals surface area contributed by atoms with Gasteiger partial charge in [0.2, 0.25) is 0 Å². The molecule has 126 valence electrons. The average molecular weight is 440 g/mol. The highest BCUT2D eigenvalue weighted by molar-refractivity contribution is 14.0. The molecule has 1 aromatic rings. The normalized spacial score (nSPS) is 12.3. The molecule has 4 nitrogen and oxygen atoms in total. The van der Waals surface area contributed by atoms with Gasteiger partial charge in [-0.3, -0.25) is 4.99 Å². The molecule has 0 bridgehead atoms. The Morgan fingerprint density at radius 3 is 2.64 bits per heavy atom. The molecule has 22 heavy (non-hydrogen) atoms. The number of nitrogens with one attached hydrogen (secondary N) is 2. The van der Waals surface area contributed by atoms with Gasteiger partial charge in [-0.1, -0.05) is 24.6 Å². The maximum Gasteiger partial charge on any atom is 0.191 e. The number of guanidine groups is 1. The van der Waals surface area contributed by atoms with Gasteiger partial charge in [-0.05, 0) is 44.4 Å². The minimum absolute atomic E-state index is 0. The van der Waals surface area contributed by atoms with Crippen molar-refractivity contribution in [3.8, 4) is 5.75 Å². The van der Waals surface area contributed by atoms with Crippen LogP contribution in [0.15, 0.2) is 23.2 Å². The molecule has 0 fully saturated rings. The van der Waals surface area contributed by atoms with Gasteiger partial charge in [0.1, 0.15) is 5.75 Å². The highest BCUT2D eigenvalue weighted by Gasteiger charge is 2.04. The molecule has 1 unspecified atom stereocenters. The first-order valence-corrected chi connectivity index (χ1v) is 7.85. The summed E-state index contributed by atoms with van der Waals surface area (Å²) in [6.45, 7) is 7.91. The molecule has 0 aliphatic rings. The Kier molecular flexibility index (Phi) is 11.5. The zero-order valence-electron chi connectivity index (χ0n) is 13.8. The van der Waals surface area contributed by atoms with Gasteiger partial charge >= 0.3 is 0 Å². The van der Waals surface area contributed by atoms with Crippen molar-refractivity contribution >= 4 is 41.5 Å². The molecule has 0 amide bonds. The molecule has 0 saturated heterocycles. The van der Waals surface area contributed by atoms with Crippen molar-refractivity contribution in [1.82, 2.24) is 10.6 Å². The first kappa shape index (κ1) is 21.3. The lowest BCUT2D eigenvalue weighted by molar-refractivity contribution is 0.414. The Bertz CT molecular complexity index is 469. The van der Waals surface area contributed by atoms with Crippen LogP contribution in [0.2, 0.25) is 5.02 Å². The summed E-state index contributed by atoms with van der Waals surface area (Å²) in [6, 6.07) is 6.16. The number of hydrogen-bond acceptors (Lipinski definition) is 2. The number of methoxy groups -OCH3 is 1. The zero-order chi connectivity index (χ0) is 15.7. The van der Waals surface area contributed by atoms with E-state index in [2.05, 4.69) is 36.4 Å². The summed E-state index contributed by atoms with van der Waals surface area (Å²) in [5.74, 6) is 1.63. The lowest BCUT2D eigenvalue weighted by Crippen LogP contribution is -2.42. The average Bonchev–Trinajstić information content (AvgIpc) is 2.48. The van der Waals surface area contributed by atoms with E-state index in [4.69, 9.17) is 16.3 Å². The third-order valence-electron chi connectivity index (χ3n) is 3.25. The smallest absolute Gasteiger partial charge is 0.191 e. The highest BCUT2D eigenvalue weighted by Crippen LogP contribution is 2.22. The van der Waals surface area contributed by atoms with Gasteiger partial charge in [-0.25, -0.2) is 0 Å². The summed E-state index contributed by atoms with van der Waals surface area (Å²) < 4.78 is 5.15. The maximum atomic E-state index is 6.23. The SMILES string of the molecule is CCNC(=NCCc1ccc(OC)cc1Cl)NC(C)CC.I. The van der Waals surface area contributed by atoms with E-state index < -0.39 is 0 Å². The van der Waals surface area contributed by atoms with Crippen LogP contribution in [0, 0.1) is 0 Å².